The maximum absolute atomic E-state index is 13.5. The summed E-state index contributed by atoms with van der Waals surface area (Å²) < 4.78 is 0. The van der Waals surface area contributed by atoms with Gasteiger partial charge in [0.1, 0.15) is 0 Å². The number of hydrogen-bond donors (Lipinski definition) is 2. The monoisotopic (exact) mass is 628 g/mol. The van der Waals surface area contributed by atoms with Gasteiger partial charge in [-0.25, -0.2) is 4.79 Å². The summed E-state index contributed by atoms with van der Waals surface area (Å²) in [6.45, 7) is 3.99. The molecule has 2 saturated heterocycles. The topological polar surface area (TPSA) is 78.7 Å². The van der Waals surface area contributed by atoms with Crippen molar-refractivity contribution < 1.29 is 9.59 Å². The summed E-state index contributed by atoms with van der Waals surface area (Å²) in [5.41, 5.74) is 7.71. The lowest BCUT2D eigenvalue weighted by atomic mass is 9.70. The van der Waals surface area contributed by atoms with Crippen LogP contribution in [0, 0.1) is 0 Å². The molecule has 6 nitrogen and oxygen atoms in total. The van der Waals surface area contributed by atoms with E-state index in [1.807, 2.05) is 65.6 Å². The molecular weight excluding hydrogens is 591 g/mol. The maximum Gasteiger partial charge on any atom is 0.312 e. The molecule has 2 heterocycles. The predicted octanol–water partition coefficient (Wildman–Crippen LogP) is 7.03. The number of amides is 3. The van der Waals surface area contributed by atoms with Crippen molar-refractivity contribution in [2.75, 3.05) is 32.7 Å². The van der Waals surface area contributed by atoms with Crippen LogP contribution in [0.25, 0.3) is 0 Å². The smallest absolute Gasteiger partial charge is 0.312 e. The average molecular weight is 630 g/mol. The molecule has 0 aromatic heterocycles. The minimum absolute atomic E-state index is 0. The lowest BCUT2D eigenvalue weighted by Gasteiger charge is -2.45. The first-order valence-corrected chi connectivity index (χ1v) is 15.2. The van der Waals surface area contributed by atoms with Gasteiger partial charge in [0.2, 0.25) is 0 Å². The van der Waals surface area contributed by atoms with Crippen LogP contribution >= 0.6 is 35.6 Å². The fourth-order valence-corrected chi connectivity index (χ4v) is 7.32. The molecule has 1 atom stereocenters. The molecule has 1 unspecified atom stereocenters. The van der Waals surface area contributed by atoms with Crippen molar-refractivity contribution in [3.8, 4) is 0 Å². The summed E-state index contributed by atoms with van der Waals surface area (Å²) in [6, 6.07) is 25.0. The Bertz CT molecular complexity index is 1350. The van der Waals surface area contributed by atoms with Crippen LogP contribution in [0.5, 0.6) is 0 Å². The number of nitrogens with zero attached hydrogens (tertiary/aromatic N) is 2. The predicted molar refractivity (Wildman–Crippen MR) is 173 cm³/mol. The van der Waals surface area contributed by atoms with E-state index in [2.05, 4.69) is 28.4 Å². The zero-order chi connectivity index (χ0) is 28.9. The van der Waals surface area contributed by atoms with Gasteiger partial charge in [0.25, 0.3) is 5.91 Å². The molecule has 0 bridgehead atoms. The summed E-state index contributed by atoms with van der Waals surface area (Å²) in [6.07, 6.45) is 5.30. The minimum atomic E-state index is -0.491. The molecule has 3 aromatic carbocycles. The fourth-order valence-electron chi connectivity index (χ4n) is 6.82. The quantitative estimate of drug-likeness (QED) is 0.281. The zero-order valence-electron chi connectivity index (χ0n) is 23.7. The number of nitrogens with two attached hydrogens (primary N) is 1. The van der Waals surface area contributed by atoms with Gasteiger partial charge in [-0.2, -0.15) is 0 Å². The summed E-state index contributed by atoms with van der Waals surface area (Å²) >= 11 is 13.3. The number of benzene rings is 3. The van der Waals surface area contributed by atoms with Gasteiger partial charge in [0.15, 0.2) is 0 Å². The van der Waals surface area contributed by atoms with Crippen molar-refractivity contribution in [1.29, 1.82) is 0 Å². The van der Waals surface area contributed by atoms with Crippen molar-refractivity contribution in [2.24, 2.45) is 5.73 Å². The van der Waals surface area contributed by atoms with Gasteiger partial charge in [-0.15, -0.1) is 12.4 Å². The third-order valence-electron chi connectivity index (χ3n) is 8.94. The number of halogens is 3. The molecule has 42 heavy (non-hydrogen) atoms. The van der Waals surface area contributed by atoms with E-state index in [0.717, 1.165) is 75.8 Å². The van der Waals surface area contributed by atoms with Crippen molar-refractivity contribution in [3.63, 3.8) is 0 Å². The van der Waals surface area contributed by atoms with Gasteiger partial charge in [-0.3, -0.25) is 4.79 Å². The number of hydrogen-bond acceptors (Lipinski definition) is 3. The van der Waals surface area contributed by atoms with Gasteiger partial charge in [0.05, 0.1) is 15.6 Å². The molecule has 3 amide bonds. The summed E-state index contributed by atoms with van der Waals surface area (Å²) in [5, 5.41) is 4.19. The SMILES string of the molecule is Cl.NC(=O)NC1(c2ccccc2)CCN(CCCC2(c3cccc(Cl)c3Cl)CCCN(C(=O)c3ccccc3)C2)CC1. The number of piperidine rings is 2. The van der Waals surface area contributed by atoms with Crippen LogP contribution in [0.4, 0.5) is 4.79 Å². The number of likely N-dealkylation sites (tertiary alicyclic amines) is 2. The lowest BCUT2D eigenvalue weighted by molar-refractivity contribution is 0.0617. The van der Waals surface area contributed by atoms with Crippen LogP contribution in [-0.2, 0) is 11.0 Å². The summed E-state index contributed by atoms with van der Waals surface area (Å²) in [7, 11) is 0. The van der Waals surface area contributed by atoms with Gasteiger partial charge in [-0.05, 0) is 74.4 Å². The maximum atomic E-state index is 13.5. The van der Waals surface area contributed by atoms with E-state index in [1.165, 1.54) is 0 Å². The van der Waals surface area contributed by atoms with E-state index in [-0.39, 0.29) is 23.7 Å². The molecule has 2 aliphatic heterocycles. The summed E-state index contributed by atoms with van der Waals surface area (Å²) in [5.74, 6) is 0.0584. The molecule has 0 aliphatic carbocycles. The van der Waals surface area contributed by atoms with Crippen molar-refractivity contribution >= 4 is 47.5 Å². The molecule has 3 aromatic rings. The van der Waals surface area contributed by atoms with E-state index in [9.17, 15) is 9.59 Å². The average Bonchev–Trinajstić information content (AvgIpc) is 3.00. The normalized spacial score (nSPS) is 20.4. The molecule has 0 radical (unpaired) electrons. The van der Waals surface area contributed by atoms with Crippen LogP contribution < -0.4 is 11.1 Å². The second kappa shape index (κ2) is 14.1. The molecule has 0 saturated carbocycles. The van der Waals surface area contributed by atoms with Crippen LogP contribution in [0.3, 0.4) is 0 Å². The second-order valence-electron chi connectivity index (χ2n) is 11.5. The number of carbonyl (C=O) groups excluding carboxylic acids is 2. The first-order valence-electron chi connectivity index (χ1n) is 14.5. The van der Waals surface area contributed by atoms with E-state index < -0.39 is 11.6 Å². The first kappa shape index (κ1) is 32.2. The zero-order valence-corrected chi connectivity index (χ0v) is 26.1. The first-order chi connectivity index (χ1) is 19.8. The molecule has 9 heteroatoms. The Hall–Kier alpha value is -2.77. The highest BCUT2D eigenvalue weighted by molar-refractivity contribution is 6.42. The Labute approximate surface area is 265 Å². The van der Waals surface area contributed by atoms with Crippen LogP contribution in [0.1, 0.15) is 60.0 Å². The van der Waals surface area contributed by atoms with Crippen LogP contribution in [0.2, 0.25) is 10.0 Å². The van der Waals surface area contributed by atoms with E-state index in [0.29, 0.717) is 22.2 Å². The Morgan fingerprint density at radius 1 is 0.857 bits per heavy atom. The Morgan fingerprint density at radius 3 is 2.19 bits per heavy atom. The lowest BCUT2D eigenvalue weighted by Crippen LogP contribution is -2.54. The Balaban J connectivity index is 0.00000405. The largest absolute Gasteiger partial charge is 0.352 e. The minimum Gasteiger partial charge on any atom is -0.352 e. The van der Waals surface area contributed by atoms with Gasteiger partial charge >= 0.3 is 6.03 Å². The highest BCUT2D eigenvalue weighted by Crippen LogP contribution is 2.44. The van der Waals surface area contributed by atoms with Crippen LogP contribution in [-0.4, -0.2) is 54.5 Å². The standard InChI is InChI=1S/C33H38Cl2N4O2.ClH/c34-28-15-7-14-27(29(28)35)32(17-9-21-39(24-32)30(40)25-10-3-1-4-11-25)16-8-20-38-22-18-33(19-23-38,37-31(36)41)26-12-5-2-6-13-26;/h1-7,10-15H,8-9,16-24H2,(H3,36,37,41);1H. The number of primary amides is 1. The molecule has 0 spiro atoms. The molecule has 2 fully saturated rings. The van der Waals surface area contributed by atoms with Gasteiger partial charge in [0, 0.05) is 37.2 Å². The molecule has 5 rings (SSSR count). The fraction of sp³-hybridized carbons (Fsp3) is 0.394. The number of urea groups is 1. The molecule has 224 valence electrons. The Kier molecular flexibility index (Phi) is 10.8. The third-order valence-corrected chi connectivity index (χ3v) is 9.75. The number of carbonyl (C=O) groups is 2. The molecule has 2 aliphatic rings. The van der Waals surface area contributed by atoms with Crippen LogP contribution in [0.15, 0.2) is 78.9 Å². The van der Waals surface area contributed by atoms with Gasteiger partial charge in [-0.1, -0.05) is 83.9 Å². The highest BCUT2D eigenvalue weighted by Gasteiger charge is 2.41. The molecule has 3 N–H and O–H groups in total. The van der Waals surface area contributed by atoms with Crippen molar-refractivity contribution in [1.82, 2.24) is 15.1 Å². The van der Waals surface area contributed by atoms with Crippen molar-refractivity contribution in [2.45, 2.75) is 49.5 Å². The van der Waals surface area contributed by atoms with Crippen molar-refractivity contribution in [3.05, 3.63) is 106 Å². The number of rotatable bonds is 8. The third kappa shape index (κ3) is 7.05. The molecular formula is C33H39Cl3N4O2. The van der Waals surface area contributed by atoms with E-state index in [4.69, 9.17) is 28.9 Å². The highest BCUT2D eigenvalue weighted by atomic mass is 35.5. The number of nitrogens with one attached hydrogen (secondary N) is 1. The van der Waals surface area contributed by atoms with Gasteiger partial charge < -0.3 is 20.9 Å². The summed E-state index contributed by atoms with van der Waals surface area (Å²) in [4.78, 5) is 29.8. The Morgan fingerprint density at radius 2 is 1.52 bits per heavy atom. The van der Waals surface area contributed by atoms with E-state index >= 15 is 0 Å². The van der Waals surface area contributed by atoms with E-state index in [1.54, 1.807) is 0 Å². The second-order valence-corrected chi connectivity index (χ2v) is 12.2.